The average Bonchev–Trinajstić information content (AvgIpc) is 2.63. The molecule has 0 saturated carbocycles. The van der Waals surface area contributed by atoms with E-state index in [2.05, 4.69) is 17.2 Å². The van der Waals surface area contributed by atoms with Crippen LogP contribution in [0.2, 0.25) is 0 Å². The molecule has 1 unspecified atom stereocenters. The van der Waals surface area contributed by atoms with Crippen molar-refractivity contribution < 1.29 is 4.39 Å². The van der Waals surface area contributed by atoms with Crippen LogP contribution in [-0.4, -0.2) is 4.98 Å². The molecular formula is C14H17FN2S. The molecule has 0 saturated heterocycles. The van der Waals surface area contributed by atoms with Crippen LogP contribution in [-0.2, 0) is 0 Å². The topological polar surface area (TPSA) is 24.9 Å². The summed E-state index contributed by atoms with van der Waals surface area (Å²) in [6, 6.07) is 5.28. The van der Waals surface area contributed by atoms with E-state index in [0.29, 0.717) is 5.56 Å². The number of anilines is 1. The zero-order chi connectivity index (χ0) is 13.3. The van der Waals surface area contributed by atoms with E-state index >= 15 is 0 Å². The Morgan fingerprint density at radius 1 is 1.28 bits per heavy atom. The molecule has 2 aromatic rings. The fourth-order valence-corrected chi connectivity index (χ4v) is 2.86. The van der Waals surface area contributed by atoms with E-state index in [1.807, 2.05) is 19.9 Å². The van der Waals surface area contributed by atoms with Gasteiger partial charge in [-0.3, -0.25) is 0 Å². The standard InChI is InChI=1S/C14H17FN2S/c1-8-5-6-12(7-13(8)15)16-9(2)14-10(3)18-11(4)17-14/h5-7,9,16H,1-4H3. The highest BCUT2D eigenvalue weighted by atomic mass is 32.1. The minimum atomic E-state index is -0.182. The van der Waals surface area contributed by atoms with Crippen LogP contribution in [0, 0.1) is 26.6 Å². The molecule has 18 heavy (non-hydrogen) atoms. The fourth-order valence-electron chi connectivity index (χ4n) is 1.95. The Bertz CT molecular complexity index is 563. The predicted molar refractivity (Wildman–Crippen MR) is 74.8 cm³/mol. The molecule has 1 N–H and O–H groups in total. The van der Waals surface area contributed by atoms with Gasteiger partial charge in [-0.25, -0.2) is 9.37 Å². The summed E-state index contributed by atoms with van der Waals surface area (Å²) in [5.41, 5.74) is 2.49. The Labute approximate surface area is 111 Å². The van der Waals surface area contributed by atoms with Gasteiger partial charge in [0.2, 0.25) is 0 Å². The Kier molecular flexibility index (Phi) is 3.66. The van der Waals surface area contributed by atoms with E-state index in [-0.39, 0.29) is 11.9 Å². The quantitative estimate of drug-likeness (QED) is 0.889. The number of nitrogens with one attached hydrogen (secondary N) is 1. The van der Waals surface area contributed by atoms with Crippen molar-refractivity contribution in [2.45, 2.75) is 33.7 Å². The second kappa shape index (κ2) is 5.06. The summed E-state index contributed by atoms with van der Waals surface area (Å²) in [5, 5.41) is 4.35. The molecule has 0 amide bonds. The summed E-state index contributed by atoms with van der Waals surface area (Å²) in [6.07, 6.45) is 0. The van der Waals surface area contributed by atoms with E-state index in [1.165, 1.54) is 10.9 Å². The van der Waals surface area contributed by atoms with Crippen molar-refractivity contribution in [2.75, 3.05) is 5.32 Å². The Hall–Kier alpha value is -1.42. The van der Waals surface area contributed by atoms with Gasteiger partial charge in [-0.05, 0) is 45.4 Å². The van der Waals surface area contributed by atoms with E-state index < -0.39 is 0 Å². The number of aromatic nitrogens is 1. The van der Waals surface area contributed by atoms with Gasteiger partial charge in [-0.1, -0.05) is 6.07 Å². The molecule has 0 aliphatic rings. The molecule has 96 valence electrons. The lowest BCUT2D eigenvalue weighted by Gasteiger charge is -2.14. The summed E-state index contributed by atoms with van der Waals surface area (Å²) < 4.78 is 13.5. The third-order valence-corrected chi connectivity index (χ3v) is 3.81. The molecular weight excluding hydrogens is 247 g/mol. The summed E-state index contributed by atoms with van der Waals surface area (Å²) in [4.78, 5) is 5.72. The van der Waals surface area contributed by atoms with E-state index in [0.717, 1.165) is 16.4 Å². The smallest absolute Gasteiger partial charge is 0.128 e. The van der Waals surface area contributed by atoms with Crippen LogP contribution in [0.15, 0.2) is 18.2 Å². The number of hydrogen-bond acceptors (Lipinski definition) is 3. The summed E-state index contributed by atoms with van der Waals surface area (Å²) in [6.45, 7) is 7.86. The summed E-state index contributed by atoms with van der Waals surface area (Å²) in [5.74, 6) is -0.182. The van der Waals surface area contributed by atoms with Crippen molar-refractivity contribution in [3.05, 3.63) is 45.2 Å². The van der Waals surface area contributed by atoms with Crippen LogP contribution >= 0.6 is 11.3 Å². The largest absolute Gasteiger partial charge is 0.377 e. The minimum Gasteiger partial charge on any atom is -0.377 e. The van der Waals surface area contributed by atoms with Gasteiger partial charge in [0.05, 0.1) is 16.7 Å². The van der Waals surface area contributed by atoms with Crippen LogP contribution in [0.5, 0.6) is 0 Å². The third kappa shape index (κ3) is 2.70. The number of hydrogen-bond donors (Lipinski definition) is 1. The van der Waals surface area contributed by atoms with E-state index in [4.69, 9.17) is 0 Å². The zero-order valence-corrected chi connectivity index (χ0v) is 11.9. The molecule has 4 heteroatoms. The number of benzene rings is 1. The molecule has 0 aliphatic heterocycles. The first-order chi connectivity index (χ1) is 8.47. The maximum absolute atomic E-state index is 13.5. The first kappa shape index (κ1) is 13.0. The highest BCUT2D eigenvalue weighted by molar-refractivity contribution is 7.11. The van der Waals surface area contributed by atoms with Crippen molar-refractivity contribution >= 4 is 17.0 Å². The summed E-state index contributed by atoms with van der Waals surface area (Å²) >= 11 is 1.69. The monoisotopic (exact) mass is 264 g/mol. The molecule has 1 heterocycles. The zero-order valence-electron chi connectivity index (χ0n) is 11.0. The van der Waals surface area contributed by atoms with Crippen LogP contribution in [0.25, 0.3) is 0 Å². The molecule has 0 bridgehead atoms. The first-order valence-corrected chi connectivity index (χ1v) is 6.75. The van der Waals surface area contributed by atoms with E-state index in [9.17, 15) is 4.39 Å². The highest BCUT2D eigenvalue weighted by Crippen LogP contribution is 2.26. The minimum absolute atomic E-state index is 0.0806. The molecule has 1 atom stereocenters. The van der Waals surface area contributed by atoms with Crippen molar-refractivity contribution in [3.63, 3.8) is 0 Å². The summed E-state index contributed by atoms with van der Waals surface area (Å²) in [7, 11) is 0. The molecule has 0 spiro atoms. The first-order valence-electron chi connectivity index (χ1n) is 5.94. The molecule has 0 radical (unpaired) electrons. The van der Waals surface area contributed by atoms with Crippen molar-refractivity contribution in [1.29, 1.82) is 0 Å². The maximum Gasteiger partial charge on any atom is 0.128 e. The molecule has 1 aromatic carbocycles. The van der Waals surface area contributed by atoms with Crippen LogP contribution in [0.1, 0.15) is 34.1 Å². The van der Waals surface area contributed by atoms with Crippen molar-refractivity contribution in [1.82, 2.24) is 4.98 Å². The predicted octanol–water partition coefficient (Wildman–Crippen LogP) is 4.38. The number of rotatable bonds is 3. The van der Waals surface area contributed by atoms with Gasteiger partial charge in [-0.15, -0.1) is 11.3 Å². The highest BCUT2D eigenvalue weighted by Gasteiger charge is 2.13. The molecule has 2 rings (SSSR count). The molecule has 1 aromatic heterocycles. The van der Waals surface area contributed by atoms with Crippen LogP contribution in [0.4, 0.5) is 10.1 Å². The van der Waals surface area contributed by atoms with Gasteiger partial charge in [0.25, 0.3) is 0 Å². The van der Waals surface area contributed by atoms with Gasteiger partial charge in [0, 0.05) is 10.6 Å². The Morgan fingerprint density at radius 3 is 2.56 bits per heavy atom. The number of halogens is 1. The Balaban J connectivity index is 2.18. The number of aryl methyl sites for hydroxylation is 3. The molecule has 0 fully saturated rings. The average molecular weight is 264 g/mol. The number of thiazole rings is 1. The van der Waals surface area contributed by atoms with Crippen LogP contribution < -0.4 is 5.32 Å². The lowest BCUT2D eigenvalue weighted by atomic mass is 10.1. The second-order valence-corrected chi connectivity index (χ2v) is 5.91. The van der Waals surface area contributed by atoms with Gasteiger partial charge < -0.3 is 5.32 Å². The molecule has 0 aliphatic carbocycles. The van der Waals surface area contributed by atoms with Gasteiger partial charge in [-0.2, -0.15) is 0 Å². The Morgan fingerprint density at radius 2 is 2.00 bits per heavy atom. The fraction of sp³-hybridized carbons (Fsp3) is 0.357. The van der Waals surface area contributed by atoms with Gasteiger partial charge in [0.1, 0.15) is 5.82 Å². The van der Waals surface area contributed by atoms with Gasteiger partial charge in [0.15, 0.2) is 0 Å². The maximum atomic E-state index is 13.5. The van der Waals surface area contributed by atoms with E-state index in [1.54, 1.807) is 24.3 Å². The number of nitrogens with zero attached hydrogens (tertiary/aromatic N) is 1. The van der Waals surface area contributed by atoms with Crippen molar-refractivity contribution in [3.8, 4) is 0 Å². The normalized spacial score (nSPS) is 12.5. The lowest BCUT2D eigenvalue weighted by molar-refractivity contribution is 0.618. The van der Waals surface area contributed by atoms with Crippen LogP contribution in [0.3, 0.4) is 0 Å². The SMILES string of the molecule is Cc1nc(C(C)Nc2ccc(C)c(F)c2)c(C)s1. The van der Waals surface area contributed by atoms with Gasteiger partial charge >= 0.3 is 0 Å². The second-order valence-electron chi connectivity index (χ2n) is 4.50. The third-order valence-electron chi connectivity index (χ3n) is 2.90. The molecule has 2 nitrogen and oxygen atoms in total. The lowest BCUT2D eigenvalue weighted by Crippen LogP contribution is -2.08. The van der Waals surface area contributed by atoms with Crippen molar-refractivity contribution in [2.24, 2.45) is 0 Å².